The van der Waals surface area contributed by atoms with Crippen molar-refractivity contribution in [3.63, 3.8) is 0 Å². The second kappa shape index (κ2) is 3.85. The highest BCUT2D eigenvalue weighted by atomic mass is 16.1. The number of ketones is 1. The lowest BCUT2D eigenvalue weighted by Gasteiger charge is -1.92. The van der Waals surface area contributed by atoms with E-state index in [-0.39, 0.29) is 6.42 Å². The lowest BCUT2D eigenvalue weighted by molar-refractivity contribution is -0.113. The Labute approximate surface area is 54.8 Å². The van der Waals surface area contributed by atoms with Gasteiger partial charge in [0, 0.05) is 6.42 Å². The first-order chi connectivity index (χ1) is 4.20. The molecular formula is C7H9NO. The summed E-state index contributed by atoms with van der Waals surface area (Å²) < 4.78 is 0. The molecule has 2 heteroatoms. The number of nitriles is 1. The number of carbonyl (C=O) groups excluding carboxylic acids is 1. The maximum Gasteiger partial charge on any atom is 0.235 e. The van der Waals surface area contributed by atoms with Crippen LogP contribution in [-0.4, -0.2) is 5.78 Å². The van der Waals surface area contributed by atoms with Crippen molar-refractivity contribution >= 4 is 5.78 Å². The van der Waals surface area contributed by atoms with E-state index in [0.717, 1.165) is 12.0 Å². The van der Waals surface area contributed by atoms with E-state index in [1.807, 2.05) is 6.92 Å². The fourth-order valence-electron chi connectivity index (χ4n) is 0.392. The molecule has 0 heterocycles. The van der Waals surface area contributed by atoms with E-state index in [0.29, 0.717) is 0 Å². The highest BCUT2D eigenvalue weighted by Crippen LogP contribution is 2.01. The van der Waals surface area contributed by atoms with Gasteiger partial charge in [-0.05, 0) is 6.42 Å². The first kappa shape index (κ1) is 7.90. The molecular weight excluding hydrogens is 114 g/mol. The minimum Gasteiger partial charge on any atom is -0.282 e. The molecule has 0 aromatic carbocycles. The molecule has 0 radical (unpaired) electrons. The molecule has 0 aromatic heterocycles. The SMILES string of the molecule is C=C(CC)CC(=O)C#N. The molecule has 48 valence electrons. The lowest BCUT2D eigenvalue weighted by Crippen LogP contribution is -1.93. The molecule has 9 heavy (non-hydrogen) atoms. The molecule has 0 N–H and O–H groups in total. The van der Waals surface area contributed by atoms with Crippen molar-refractivity contribution in [2.24, 2.45) is 0 Å². The summed E-state index contributed by atoms with van der Waals surface area (Å²) in [6, 6.07) is 1.53. The van der Waals surface area contributed by atoms with Crippen molar-refractivity contribution in [1.29, 1.82) is 5.26 Å². The number of rotatable bonds is 3. The summed E-state index contributed by atoms with van der Waals surface area (Å²) in [4.78, 5) is 10.4. The van der Waals surface area contributed by atoms with Crippen LogP contribution in [0.3, 0.4) is 0 Å². The number of Topliss-reactive ketones (excluding diaryl/α,β-unsaturated/α-hetero) is 1. The lowest BCUT2D eigenvalue weighted by atomic mass is 10.1. The Morgan fingerprint density at radius 1 is 1.78 bits per heavy atom. The highest BCUT2D eigenvalue weighted by Gasteiger charge is 1.98. The normalized spacial score (nSPS) is 8.00. The van der Waals surface area contributed by atoms with Gasteiger partial charge in [0.1, 0.15) is 6.07 Å². The van der Waals surface area contributed by atoms with Crippen molar-refractivity contribution in [3.05, 3.63) is 12.2 Å². The van der Waals surface area contributed by atoms with Gasteiger partial charge >= 0.3 is 0 Å². The van der Waals surface area contributed by atoms with Crippen LogP contribution in [0.5, 0.6) is 0 Å². The third-order valence-corrected chi connectivity index (χ3v) is 1.04. The van der Waals surface area contributed by atoms with E-state index in [1.54, 1.807) is 0 Å². The summed E-state index contributed by atoms with van der Waals surface area (Å²) >= 11 is 0. The van der Waals surface area contributed by atoms with Crippen molar-refractivity contribution in [3.8, 4) is 6.07 Å². The molecule has 0 saturated heterocycles. The Bertz CT molecular complexity index is 164. The van der Waals surface area contributed by atoms with Crippen molar-refractivity contribution in [1.82, 2.24) is 0 Å². The Hall–Kier alpha value is -1.10. The van der Waals surface area contributed by atoms with Crippen molar-refractivity contribution in [2.75, 3.05) is 0 Å². The zero-order valence-corrected chi connectivity index (χ0v) is 5.48. The molecule has 0 aliphatic rings. The van der Waals surface area contributed by atoms with E-state index in [1.165, 1.54) is 6.07 Å². The number of allylic oxidation sites excluding steroid dienone is 1. The third-order valence-electron chi connectivity index (χ3n) is 1.04. The number of nitrogens with zero attached hydrogens (tertiary/aromatic N) is 1. The predicted molar refractivity (Wildman–Crippen MR) is 34.7 cm³/mol. The van der Waals surface area contributed by atoms with Crippen LogP contribution in [-0.2, 0) is 4.79 Å². The third kappa shape index (κ3) is 3.48. The van der Waals surface area contributed by atoms with Gasteiger partial charge in [0.25, 0.3) is 0 Å². The first-order valence-corrected chi connectivity index (χ1v) is 2.80. The van der Waals surface area contributed by atoms with Crippen LogP contribution in [0.4, 0.5) is 0 Å². The van der Waals surface area contributed by atoms with E-state index < -0.39 is 5.78 Å². The number of hydrogen-bond donors (Lipinski definition) is 0. The monoisotopic (exact) mass is 123 g/mol. The number of hydrogen-bond acceptors (Lipinski definition) is 2. The van der Waals surface area contributed by atoms with Crippen LogP contribution in [0.1, 0.15) is 19.8 Å². The Kier molecular flexibility index (Phi) is 3.38. The molecule has 2 nitrogen and oxygen atoms in total. The van der Waals surface area contributed by atoms with Gasteiger partial charge in [-0.3, -0.25) is 4.79 Å². The maximum atomic E-state index is 10.4. The van der Waals surface area contributed by atoms with E-state index in [9.17, 15) is 4.79 Å². The van der Waals surface area contributed by atoms with Gasteiger partial charge in [-0.25, -0.2) is 0 Å². The molecule has 0 aliphatic carbocycles. The van der Waals surface area contributed by atoms with E-state index in [2.05, 4.69) is 6.58 Å². The average molecular weight is 123 g/mol. The van der Waals surface area contributed by atoms with Crippen molar-refractivity contribution in [2.45, 2.75) is 19.8 Å². The zero-order chi connectivity index (χ0) is 7.28. The Morgan fingerprint density at radius 3 is 2.67 bits per heavy atom. The van der Waals surface area contributed by atoms with E-state index in [4.69, 9.17) is 5.26 Å². The fraction of sp³-hybridized carbons (Fsp3) is 0.429. The molecule has 0 saturated carbocycles. The van der Waals surface area contributed by atoms with Crippen LogP contribution in [0, 0.1) is 11.3 Å². The molecule has 0 aromatic rings. The van der Waals surface area contributed by atoms with Gasteiger partial charge in [-0.1, -0.05) is 19.1 Å². The van der Waals surface area contributed by atoms with Gasteiger partial charge in [0.2, 0.25) is 5.78 Å². The minimum absolute atomic E-state index is 0.215. The maximum absolute atomic E-state index is 10.4. The molecule has 0 atom stereocenters. The van der Waals surface area contributed by atoms with Crippen molar-refractivity contribution < 1.29 is 4.79 Å². The van der Waals surface area contributed by atoms with Crippen LogP contribution in [0.25, 0.3) is 0 Å². The van der Waals surface area contributed by atoms with E-state index >= 15 is 0 Å². The standard InChI is InChI=1S/C7H9NO/c1-3-6(2)4-7(9)5-8/h2-4H2,1H3. The van der Waals surface area contributed by atoms with Crippen LogP contribution < -0.4 is 0 Å². The van der Waals surface area contributed by atoms with Gasteiger partial charge in [0.15, 0.2) is 0 Å². The van der Waals surface area contributed by atoms with Gasteiger partial charge < -0.3 is 0 Å². The van der Waals surface area contributed by atoms with Crippen LogP contribution in [0.2, 0.25) is 0 Å². The second-order valence-corrected chi connectivity index (χ2v) is 1.82. The molecule has 0 fully saturated rings. The molecule has 0 rings (SSSR count). The summed E-state index contributed by atoms with van der Waals surface area (Å²) in [5, 5.41) is 8.04. The average Bonchev–Trinajstić information content (AvgIpc) is 1.87. The molecule has 0 spiro atoms. The minimum atomic E-state index is -0.401. The molecule has 0 bridgehead atoms. The smallest absolute Gasteiger partial charge is 0.235 e. The fourth-order valence-corrected chi connectivity index (χ4v) is 0.392. The molecule has 0 aliphatic heterocycles. The predicted octanol–water partition coefficient (Wildman–Crippen LogP) is 1.44. The highest BCUT2D eigenvalue weighted by molar-refractivity contribution is 5.94. The summed E-state index contributed by atoms with van der Waals surface area (Å²) in [5.74, 6) is -0.401. The first-order valence-electron chi connectivity index (χ1n) is 2.80. The Balaban J connectivity index is 3.64. The largest absolute Gasteiger partial charge is 0.282 e. The molecule has 0 amide bonds. The second-order valence-electron chi connectivity index (χ2n) is 1.82. The summed E-state index contributed by atoms with van der Waals surface area (Å²) in [6.45, 7) is 5.50. The Morgan fingerprint density at radius 2 is 2.33 bits per heavy atom. The summed E-state index contributed by atoms with van der Waals surface area (Å²) in [6.07, 6.45) is 0.987. The quantitative estimate of drug-likeness (QED) is 0.420. The summed E-state index contributed by atoms with van der Waals surface area (Å²) in [5.41, 5.74) is 0.821. The van der Waals surface area contributed by atoms with Gasteiger partial charge in [0.05, 0.1) is 0 Å². The van der Waals surface area contributed by atoms with Gasteiger partial charge in [-0.15, -0.1) is 0 Å². The topological polar surface area (TPSA) is 40.9 Å². The summed E-state index contributed by atoms with van der Waals surface area (Å²) in [7, 11) is 0. The molecule has 0 unspecified atom stereocenters. The zero-order valence-electron chi connectivity index (χ0n) is 5.48. The van der Waals surface area contributed by atoms with Crippen LogP contribution >= 0.6 is 0 Å². The van der Waals surface area contributed by atoms with Crippen LogP contribution in [0.15, 0.2) is 12.2 Å². The van der Waals surface area contributed by atoms with Gasteiger partial charge in [-0.2, -0.15) is 5.26 Å². The number of carbonyl (C=O) groups is 1.